The highest BCUT2D eigenvalue weighted by molar-refractivity contribution is 9.09. The summed E-state index contributed by atoms with van der Waals surface area (Å²) >= 11 is 3.38. The molecule has 0 aliphatic rings. The fourth-order valence-electron chi connectivity index (χ4n) is 7.53. The summed E-state index contributed by atoms with van der Waals surface area (Å²) in [4.78, 5) is 5.65. The predicted molar refractivity (Wildman–Crippen MR) is 214 cm³/mol. The van der Waals surface area contributed by atoms with Crippen LogP contribution in [0.4, 0.5) is 105 Å². The summed E-state index contributed by atoms with van der Waals surface area (Å²) < 4.78 is 343. The van der Waals surface area contributed by atoms with E-state index in [9.17, 15) is 105 Å². The van der Waals surface area contributed by atoms with Crippen LogP contribution >= 0.6 is 15.9 Å². The standard InChI is InChI=1S/C32H12BF24.C12H13BrNO/c34-25(35,36)13-1-14(26(37,38)39)6-21(5-13)33(22-7-15(27(40,41)42)2-16(8-22)28(43,44)45,23-9-17(29(46,47)48)3-18(10-23)30(49,50)51)24-11-19(31(52,53)54)4-20(12-24)32(55,56)57;13-8-4-10-15-14-9-3-6-11-5-1-2-7-12(11)14/h1-12H;1-3,5-7,9H,4,8,10H2/q-1;+1. The topological polar surface area (TPSA) is 13.1 Å². The maximum atomic E-state index is 14.2. The summed E-state index contributed by atoms with van der Waals surface area (Å²) in [6, 6.07) is 3.46. The molecule has 0 fully saturated rings. The Balaban J connectivity index is 0.000000542. The molecule has 2 nitrogen and oxygen atoms in total. The lowest BCUT2D eigenvalue weighted by Gasteiger charge is -2.46. The highest BCUT2D eigenvalue weighted by Crippen LogP contribution is 2.41. The van der Waals surface area contributed by atoms with Crippen LogP contribution in [-0.4, -0.2) is 18.1 Å². The lowest BCUT2D eigenvalue weighted by atomic mass is 9.12. The minimum absolute atomic E-state index is 0.691. The number of hydrogen-bond acceptors (Lipinski definition) is 1. The van der Waals surface area contributed by atoms with Crippen molar-refractivity contribution in [1.29, 1.82) is 0 Å². The number of halogens is 25. The molecule has 0 atom stereocenters. The third-order valence-corrected chi connectivity index (χ3v) is 11.2. The summed E-state index contributed by atoms with van der Waals surface area (Å²) in [5, 5.41) is 2.16. The average Bonchev–Trinajstić information content (AvgIpc) is 3.24. The van der Waals surface area contributed by atoms with Gasteiger partial charge in [0, 0.05) is 22.2 Å². The first kappa shape index (κ1) is 57.1. The normalized spacial score (nSPS) is 13.5. The van der Waals surface area contributed by atoms with Crippen molar-refractivity contribution in [3.05, 3.63) is 160 Å². The summed E-state index contributed by atoms with van der Waals surface area (Å²) in [5.41, 5.74) is -29.1. The molecule has 5 aromatic carbocycles. The summed E-state index contributed by atoms with van der Waals surface area (Å²) in [7, 11) is 0. The Hall–Kier alpha value is -5.83. The van der Waals surface area contributed by atoms with Crippen molar-refractivity contribution in [2.24, 2.45) is 0 Å². The van der Waals surface area contributed by atoms with E-state index in [1.807, 2.05) is 29.1 Å². The van der Waals surface area contributed by atoms with Crippen LogP contribution in [-0.2, 0) is 49.4 Å². The molecule has 0 aliphatic carbocycles. The first-order chi connectivity index (χ1) is 32.7. The number of hydrogen-bond donors (Lipinski definition) is 0. The molecule has 0 bridgehead atoms. The van der Waals surface area contributed by atoms with Crippen LogP contribution in [0.2, 0.25) is 0 Å². The number of alkyl halides is 25. The van der Waals surface area contributed by atoms with Crippen LogP contribution in [0.25, 0.3) is 10.9 Å². The molecule has 0 N–H and O–H groups in total. The molecule has 0 saturated heterocycles. The highest BCUT2D eigenvalue weighted by atomic mass is 79.9. The average molecular weight is 1130 g/mol. The van der Waals surface area contributed by atoms with Gasteiger partial charge in [-0.3, -0.25) is 4.84 Å². The van der Waals surface area contributed by atoms with E-state index in [2.05, 4.69) is 34.1 Å². The smallest absolute Gasteiger partial charge is 0.271 e. The molecular weight excluding hydrogens is 1110 g/mol. The number of rotatable bonds is 8. The van der Waals surface area contributed by atoms with Gasteiger partial charge in [-0.2, -0.15) is 127 Å². The van der Waals surface area contributed by atoms with Crippen LogP contribution in [0, 0.1) is 0 Å². The fraction of sp³-hybridized carbons (Fsp3) is 0.250. The number of benzene rings is 5. The van der Waals surface area contributed by atoms with E-state index in [1.165, 1.54) is 5.39 Å². The number of nitrogens with zero attached hydrogens (tertiary/aromatic N) is 1. The number of pyridine rings is 1. The van der Waals surface area contributed by atoms with Gasteiger partial charge in [-0.25, -0.2) is 0 Å². The molecule has 6 rings (SSSR count). The Bertz CT molecular complexity index is 2450. The quantitative estimate of drug-likeness (QED) is 0.0487. The van der Waals surface area contributed by atoms with Crippen molar-refractivity contribution in [2.45, 2.75) is 55.8 Å². The molecule has 0 unspecified atom stereocenters. The number of para-hydroxylation sites is 1. The summed E-state index contributed by atoms with van der Waals surface area (Å²) in [6.07, 6.45) is -51.9. The van der Waals surface area contributed by atoms with Gasteiger partial charge in [0.2, 0.25) is 6.20 Å². The van der Waals surface area contributed by atoms with Crippen molar-refractivity contribution < 1.29 is 115 Å². The minimum atomic E-state index is -6.13. The Kier molecular flexibility index (Phi) is 15.8. The maximum absolute atomic E-state index is 14.2. The molecule has 0 aliphatic heterocycles. The Morgan fingerprint density at radius 1 is 0.361 bits per heavy atom. The second kappa shape index (κ2) is 19.9. The van der Waals surface area contributed by atoms with Gasteiger partial charge in [0.25, 0.3) is 5.52 Å². The second-order valence-electron chi connectivity index (χ2n) is 15.5. The predicted octanol–water partition coefficient (Wildman–Crippen LogP) is 13.6. The van der Waals surface area contributed by atoms with Crippen LogP contribution < -0.4 is 31.4 Å². The van der Waals surface area contributed by atoms with Crippen molar-refractivity contribution in [2.75, 3.05) is 11.9 Å². The fourth-order valence-corrected chi connectivity index (χ4v) is 7.76. The van der Waals surface area contributed by atoms with E-state index < -0.39 is 195 Å². The monoisotopic (exact) mass is 1130 g/mol. The number of aromatic nitrogens is 1. The van der Waals surface area contributed by atoms with Crippen molar-refractivity contribution >= 4 is 54.8 Å². The molecule has 0 spiro atoms. The summed E-state index contributed by atoms with van der Waals surface area (Å²) in [6.45, 7) is 0.726. The SMILES string of the molecule is BrCCCO[n+]1cccc2ccccc21.FC(F)(F)c1cc([B-](c2cc(C(F)(F)F)cc(C(F)(F)F)c2)(c2cc(C(F)(F)F)cc(C(F)(F)F)c2)c2cc(C(F)(F)F)cc(C(F)(F)F)c2)cc(C(F)(F)F)c1. The van der Waals surface area contributed by atoms with E-state index >= 15 is 0 Å². The second-order valence-corrected chi connectivity index (χ2v) is 16.3. The van der Waals surface area contributed by atoms with Crippen LogP contribution in [0.3, 0.4) is 0 Å². The molecule has 0 radical (unpaired) electrons. The van der Waals surface area contributed by atoms with E-state index in [1.54, 1.807) is 0 Å². The first-order valence-electron chi connectivity index (χ1n) is 19.6. The zero-order chi connectivity index (χ0) is 54.4. The largest absolute Gasteiger partial charge is 0.416 e. The van der Waals surface area contributed by atoms with Crippen molar-refractivity contribution in [3.63, 3.8) is 0 Å². The third-order valence-electron chi connectivity index (χ3n) is 10.6. The Morgan fingerprint density at radius 2 is 0.611 bits per heavy atom. The zero-order valence-corrected chi connectivity index (χ0v) is 36.6. The maximum Gasteiger partial charge on any atom is 0.416 e. The van der Waals surface area contributed by atoms with Gasteiger partial charge in [-0.05, 0) is 42.8 Å². The summed E-state index contributed by atoms with van der Waals surface area (Å²) in [5.74, 6) is 0. The van der Waals surface area contributed by atoms with Crippen LogP contribution in [0.1, 0.15) is 50.9 Å². The lowest BCUT2D eigenvalue weighted by molar-refractivity contribution is -0.871. The van der Waals surface area contributed by atoms with Gasteiger partial charge >= 0.3 is 49.4 Å². The number of fused-ring (bicyclic) bond motifs is 1. The van der Waals surface area contributed by atoms with Crippen molar-refractivity contribution in [3.8, 4) is 0 Å². The van der Waals surface area contributed by atoms with Crippen LogP contribution in [0.5, 0.6) is 0 Å². The molecule has 1 heterocycles. The first-order valence-corrected chi connectivity index (χ1v) is 20.7. The van der Waals surface area contributed by atoms with E-state index in [-0.39, 0.29) is 0 Å². The molecule has 72 heavy (non-hydrogen) atoms. The molecule has 28 heteroatoms. The molecule has 1 aromatic heterocycles. The molecule has 6 aromatic rings. The van der Waals surface area contributed by atoms with E-state index in [4.69, 9.17) is 4.84 Å². The van der Waals surface area contributed by atoms with Crippen molar-refractivity contribution in [1.82, 2.24) is 0 Å². The van der Waals surface area contributed by atoms with E-state index in [0.717, 1.165) is 23.9 Å². The van der Waals surface area contributed by atoms with Crippen LogP contribution in [0.15, 0.2) is 115 Å². The molecular formula is C44H25BBrF24NO. The molecule has 0 amide bonds. The highest BCUT2D eigenvalue weighted by Gasteiger charge is 2.47. The van der Waals surface area contributed by atoms with Gasteiger partial charge in [0.1, 0.15) is 6.15 Å². The Labute approximate surface area is 396 Å². The van der Waals surface area contributed by atoms with Gasteiger partial charge in [-0.1, -0.05) is 76.6 Å². The van der Waals surface area contributed by atoms with Gasteiger partial charge in [0.15, 0.2) is 6.61 Å². The third kappa shape index (κ3) is 13.0. The minimum Gasteiger partial charge on any atom is -0.271 e. The van der Waals surface area contributed by atoms with Gasteiger partial charge in [0.05, 0.1) is 49.9 Å². The van der Waals surface area contributed by atoms with Gasteiger partial charge in [-0.15, -0.1) is 0 Å². The Morgan fingerprint density at radius 3 is 0.861 bits per heavy atom. The van der Waals surface area contributed by atoms with Gasteiger partial charge < -0.3 is 0 Å². The van der Waals surface area contributed by atoms with E-state index in [0.29, 0.717) is 0 Å². The zero-order valence-electron chi connectivity index (χ0n) is 35.0. The molecule has 390 valence electrons. The molecule has 0 saturated carbocycles. The lowest BCUT2D eigenvalue weighted by Crippen LogP contribution is -2.75.